The Bertz CT molecular complexity index is 761. The molecular formula is C15H17N5O3S2. The van der Waals surface area contributed by atoms with Gasteiger partial charge in [0.05, 0.1) is 18.8 Å². The number of nitrogens with zero attached hydrogens (tertiary/aromatic N) is 3. The van der Waals surface area contributed by atoms with Gasteiger partial charge in [-0.05, 0) is 18.4 Å². The van der Waals surface area contributed by atoms with Crippen LogP contribution in [0.2, 0.25) is 0 Å². The predicted octanol–water partition coefficient (Wildman–Crippen LogP) is 1.17. The number of nitrogens with one attached hydrogen (secondary N) is 2. The summed E-state index contributed by atoms with van der Waals surface area (Å²) < 4.78 is 5.30. The van der Waals surface area contributed by atoms with E-state index in [1.165, 1.54) is 23.1 Å². The molecule has 3 heterocycles. The first-order valence-corrected chi connectivity index (χ1v) is 9.67. The van der Waals surface area contributed by atoms with Crippen LogP contribution in [0.25, 0.3) is 0 Å². The van der Waals surface area contributed by atoms with Crippen molar-refractivity contribution < 1.29 is 14.3 Å². The van der Waals surface area contributed by atoms with Gasteiger partial charge in [0, 0.05) is 24.7 Å². The normalized spacial score (nSPS) is 14.2. The van der Waals surface area contributed by atoms with Gasteiger partial charge in [-0.25, -0.2) is 9.97 Å². The Hall–Kier alpha value is -2.17. The highest BCUT2D eigenvalue weighted by molar-refractivity contribution is 7.98. The summed E-state index contributed by atoms with van der Waals surface area (Å²) in [4.78, 5) is 34.9. The van der Waals surface area contributed by atoms with Crippen LogP contribution in [0.15, 0.2) is 28.7 Å². The molecule has 1 saturated heterocycles. The lowest BCUT2D eigenvalue weighted by Crippen LogP contribution is -2.42. The van der Waals surface area contributed by atoms with Gasteiger partial charge in [0.15, 0.2) is 5.13 Å². The number of amides is 2. The zero-order valence-electron chi connectivity index (χ0n) is 13.5. The molecule has 25 heavy (non-hydrogen) atoms. The zero-order chi connectivity index (χ0) is 17.6. The van der Waals surface area contributed by atoms with E-state index in [0.29, 0.717) is 23.8 Å². The van der Waals surface area contributed by atoms with E-state index < -0.39 is 11.8 Å². The highest BCUT2D eigenvalue weighted by Gasteiger charge is 2.18. The van der Waals surface area contributed by atoms with Gasteiger partial charge in [-0.1, -0.05) is 0 Å². The van der Waals surface area contributed by atoms with E-state index >= 15 is 0 Å². The SMILES string of the molecule is CSc1ncccc1C(=O)NNC(=O)c1csc(N2CCOCC2)n1. The van der Waals surface area contributed by atoms with Gasteiger partial charge in [0.25, 0.3) is 11.8 Å². The van der Waals surface area contributed by atoms with Gasteiger partial charge in [-0.15, -0.1) is 23.1 Å². The highest BCUT2D eigenvalue weighted by atomic mass is 32.2. The van der Waals surface area contributed by atoms with Crippen LogP contribution in [0.4, 0.5) is 5.13 Å². The average Bonchev–Trinajstić information content (AvgIpc) is 3.17. The number of carbonyl (C=O) groups is 2. The molecule has 2 aromatic rings. The van der Waals surface area contributed by atoms with Crippen LogP contribution in [0.3, 0.4) is 0 Å². The summed E-state index contributed by atoms with van der Waals surface area (Å²) in [7, 11) is 0. The Balaban J connectivity index is 1.59. The van der Waals surface area contributed by atoms with Crippen molar-refractivity contribution in [2.75, 3.05) is 37.5 Å². The third kappa shape index (κ3) is 4.27. The fourth-order valence-corrected chi connectivity index (χ4v) is 3.65. The van der Waals surface area contributed by atoms with Gasteiger partial charge < -0.3 is 9.64 Å². The fraction of sp³-hybridized carbons (Fsp3) is 0.333. The molecule has 0 spiro atoms. The summed E-state index contributed by atoms with van der Waals surface area (Å²) in [6.45, 7) is 2.81. The summed E-state index contributed by atoms with van der Waals surface area (Å²) >= 11 is 2.76. The summed E-state index contributed by atoms with van der Waals surface area (Å²) in [6.07, 6.45) is 3.45. The molecule has 1 fully saturated rings. The Labute approximate surface area is 153 Å². The third-order valence-corrected chi connectivity index (χ3v) is 5.12. The molecule has 0 saturated carbocycles. The van der Waals surface area contributed by atoms with Gasteiger partial charge >= 0.3 is 0 Å². The first kappa shape index (κ1) is 17.6. The van der Waals surface area contributed by atoms with Crippen LogP contribution < -0.4 is 15.8 Å². The minimum Gasteiger partial charge on any atom is -0.378 e. The molecule has 0 aromatic carbocycles. The number of carbonyl (C=O) groups excluding carboxylic acids is 2. The van der Waals surface area contributed by atoms with E-state index in [4.69, 9.17) is 4.74 Å². The maximum Gasteiger partial charge on any atom is 0.289 e. The molecule has 0 radical (unpaired) electrons. The number of morpholine rings is 1. The second-order valence-corrected chi connectivity index (χ2v) is 6.71. The number of anilines is 1. The molecule has 1 aliphatic heterocycles. The van der Waals surface area contributed by atoms with Crippen molar-refractivity contribution in [1.82, 2.24) is 20.8 Å². The van der Waals surface area contributed by atoms with Gasteiger partial charge in [0.2, 0.25) is 0 Å². The van der Waals surface area contributed by atoms with Crippen molar-refractivity contribution >= 4 is 40.0 Å². The van der Waals surface area contributed by atoms with Crippen molar-refractivity contribution in [3.8, 4) is 0 Å². The van der Waals surface area contributed by atoms with Crippen molar-refractivity contribution in [3.05, 3.63) is 35.0 Å². The van der Waals surface area contributed by atoms with Crippen LogP contribution in [-0.2, 0) is 4.74 Å². The molecular weight excluding hydrogens is 362 g/mol. The van der Waals surface area contributed by atoms with E-state index in [-0.39, 0.29) is 5.69 Å². The second kappa shape index (κ2) is 8.28. The Morgan fingerprint density at radius 3 is 2.80 bits per heavy atom. The van der Waals surface area contributed by atoms with Crippen LogP contribution in [0.5, 0.6) is 0 Å². The monoisotopic (exact) mass is 379 g/mol. The summed E-state index contributed by atoms with van der Waals surface area (Å²) in [5, 5.41) is 3.04. The smallest absolute Gasteiger partial charge is 0.289 e. The molecule has 0 bridgehead atoms. The number of thioether (sulfide) groups is 1. The molecule has 2 aromatic heterocycles. The lowest BCUT2D eigenvalue weighted by Gasteiger charge is -2.25. The number of thiazole rings is 1. The van der Waals surface area contributed by atoms with Crippen LogP contribution in [0, 0.1) is 0 Å². The number of rotatable bonds is 4. The molecule has 132 valence electrons. The third-order valence-electron chi connectivity index (χ3n) is 3.50. The molecule has 0 unspecified atom stereocenters. The quantitative estimate of drug-likeness (QED) is 0.608. The molecule has 1 aliphatic rings. The predicted molar refractivity (Wildman–Crippen MR) is 96.1 cm³/mol. The second-order valence-electron chi connectivity index (χ2n) is 5.08. The summed E-state index contributed by atoms with van der Waals surface area (Å²) in [5.74, 6) is -0.881. The summed E-state index contributed by atoms with van der Waals surface area (Å²) in [5.41, 5.74) is 5.46. The lowest BCUT2D eigenvalue weighted by molar-refractivity contribution is 0.0842. The zero-order valence-corrected chi connectivity index (χ0v) is 15.2. The van der Waals surface area contributed by atoms with Gasteiger partial charge in [0.1, 0.15) is 10.7 Å². The molecule has 2 amide bonds. The number of aromatic nitrogens is 2. The van der Waals surface area contributed by atoms with Crippen molar-refractivity contribution in [2.24, 2.45) is 0 Å². The molecule has 0 atom stereocenters. The van der Waals surface area contributed by atoms with Crippen molar-refractivity contribution in [2.45, 2.75) is 5.03 Å². The van der Waals surface area contributed by atoms with E-state index in [1.807, 2.05) is 6.26 Å². The summed E-state index contributed by atoms with van der Waals surface area (Å²) in [6, 6.07) is 3.32. The van der Waals surface area contributed by atoms with E-state index in [0.717, 1.165) is 18.2 Å². The fourth-order valence-electron chi connectivity index (χ4n) is 2.24. The molecule has 3 rings (SSSR count). The number of hydrazine groups is 1. The van der Waals surface area contributed by atoms with Gasteiger partial charge in [-0.3, -0.25) is 20.4 Å². The standard InChI is InChI=1S/C15H17N5O3S2/c1-24-14-10(3-2-4-16-14)12(21)18-19-13(22)11-9-25-15(17-11)20-5-7-23-8-6-20/h2-4,9H,5-8H2,1H3,(H,18,21)(H,19,22). The van der Waals surface area contributed by atoms with E-state index in [2.05, 4.69) is 25.7 Å². The average molecular weight is 379 g/mol. The van der Waals surface area contributed by atoms with Crippen molar-refractivity contribution in [3.63, 3.8) is 0 Å². The molecule has 2 N–H and O–H groups in total. The van der Waals surface area contributed by atoms with Crippen molar-refractivity contribution in [1.29, 1.82) is 0 Å². The highest BCUT2D eigenvalue weighted by Crippen LogP contribution is 2.21. The molecule has 0 aliphatic carbocycles. The maximum atomic E-state index is 12.2. The largest absolute Gasteiger partial charge is 0.378 e. The van der Waals surface area contributed by atoms with E-state index in [9.17, 15) is 9.59 Å². The van der Waals surface area contributed by atoms with Gasteiger partial charge in [-0.2, -0.15) is 0 Å². The minimum absolute atomic E-state index is 0.267. The Morgan fingerprint density at radius 2 is 2.04 bits per heavy atom. The van der Waals surface area contributed by atoms with Crippen LogP contribution in [0.1, 0.15) is 20.8 Å². The first-order valence-electron chi connectivity index (χ1n) is 7.57. The number of hydrogen-bond donors (Lipinski definition) is 2. The first-order chi connectivity index (χ1) is 12.2. The van der Waals surface area contributed by atoms with E-state index in [1.54, 1.807) is 23.7 Å². The topological polar surface area (TPSA) is 96.5 Å². The number of hydrogen-bond acceptors (Lipinski definition) is 8. The Morgan fingerprint density at radius 1 is 1.28 bits per heavy atom. The van der Waals surface area contributed by atoms with Crippen LogP contribution in [-0.4, -0.2) is 54.3 Å². The molecule has 8 nitrogen and oxygen atoms in total. The lowest BCUT2D eigenvalue weighted by atomic mass is 10.3. The number of ether oxygens (including phenoxy) is 1. The number of pyridine rings is 1. The minimum atomic E-state index is -0.460. The molecule has 10 heteroatoms. The Kier molecular flexibility index (Phi) is 5.84. The van der Waals surface area contributed by atoms with Crippen LogP contribution >= 0.6 is 23.1 Å². The maximum absolute atomic E-state index is 12.2.